The lowest BCUT2D eigenvalue weighted by atomic mass is 10.1. The van der Waals surface area contributed by atoms with Crippen LogP contribution in [0.4, 0.5) is 0 Å². The van der Waals surface area contributed by atoms with E-state index in [4.69, 9.17) is 16.9 Å². The van der Waals surface area contributed by atoms with E-state index in [2.05, 4.69) is 15.9 Å². The van der Waals surface area contributed by atoms with Gasteiger partial charge in [-0.25, -0.2) is 0 Å². The molecule has 1 aromatic carbocycles. The molecule has 68 valence electrons. The first-order chi connectivity index (χ1) is 6.19. The van der Waals surface area contributed by atoms with Crippen LogP contribution in [-0.2, 0) is 0 Å². The number of nitriles is 1. The molecule has 1 N–H and O–H groups in total. The van der Waals surface area contributed by atoms with Crippen molar-refractivity contribution in [1.29, 1.82) is 5.26 Å². The highest BCUT2D eigenvalue weighted by molar-refractivity contribution is 9.10. The third-order valence-electron chi connectivity index (χ3n) is 1.63. The maximum atomic E-state index is 9.46. The first-order valence-corrected chi connectivity index (χ1v) is 4.95. The lowest BCUT2D eigenvalue weighted by molar-refractivity contribution is 0.202. The zero-order valence-electron chi connectivity index (χ0n) is 6.67. The Morgan fingerprint density at radius 3 is 2.85 bits per heavy atom. The van der Waals surface area contributed by atoms with Gasteiger partial charge in [0.15, 0.2) is 0 Å². The van der Waals surface area contributed by atoms with Crippen LogP contribution >= 0.6 is 27.5 Å². The van der Waals surface area contributed by atoms with E-state index in [1.807, 2.05) is 6.07 Å². The molecule has 0 fully saturated rings. The van der Waals surface area contributed by atoms with Crippen LogP contribution in [0.2, 0.25) is 0 Å². The fourth-order valence-corrected chi connectivity index (χ4v) is 1.63. The number of hydrogen-bond acceptors (Lipinski definition) is 2. The van der Waals surface area contributed by atoms with Crippen molar-refractivity contribution in [1.82, 2.24) is 0 Å². The Bertz CT molecular complexity index is 348. The molecule has 0 aliphatic heterocycles. The predicted molar refractivity (Wildman–Crippen MR) is 54.5 cm³/mol. The van der Waals surface area contributed by atoms with Gasteiger partial charge in [-0.1, -0.05) is 15.9 Å². The minimum absolute atomic E-state index is 0.119. The number of rotatable bonds is 2. The van der Waals surface area contributed by atoms with Crippen molar-refractivity contribution in [3.8, 4) is 6.07 Å². The van der Waals surface area contributed by atoms with E-state index in [0.29, 0.717) is 11.1 Å². The van der Waals surface area contributed by atoms with Gasteiger partial charge in [0.2, 0.25) is 0 Å². The molecule has 0 aliphatic carbocycles. The molecule has 1 atom stereocenters. The zero-order chi connectivity index (χ0) is 9.84. The molecular formula is C9H7BrClNO. The molecule has 0 heterocycles. The molecular weight excluding hydrogens is 253 g/mol. The van der Waals surface area contributed by atoms with E-state index >= 15 is 0 Å². The van der Waals surface area contributed by atoms with Crippen molar-refractivity contribution in [3.63, 3.8) is 0 Å². The van der Waals surface area contributed by atoms with Gasteiger partial charge < -0.3 is 5.11 Å². The van der Waals surface area contributed by atoms with Crippen LogP contribution in [0.1, 0.15) is 17.2 Å². The average Bonchev–Trinajstić information content (AvgIpc) is 2.17. The van der Waals surface area contributed by atoms with Gasteiger partial charge in [0.05, 0.1) is 23.6 Å². The third-order valence-corrected chi connectivity index (χ3v) is 2.64. The van der Waals surface area contributed by atoms with E-state index in [9.17, 15) is 5.11 Å². The van der Waals surface area contributed by atoms with Crippen molar-refractivity contribution >= 4 is 27.5 Å². The van der Waals surface area contributed by atoms with Crippen molar-refractivity contribution < 1.29 is 5.11 Å². The summed E-state index contributed by atoms with van der Waals surface area (Å²) in [5, 5.41) is 18.1. The molecule has 0 saturated carbocycles. The fraction of sp³-hybridized carbons (Fsp3) is 0.222. The molecule has 0 aliphatic rings. The van der Waals surface area contributed by atoms with Crippen molar-refractivity contribution in [3.05, 3.63) is 33.8 Å². The molecule has 13 heavy (non-hydrogen) atoms. The minimum atomic E-state index is -0.732. The molecule has 0 spiro atoms. The van der Waals surface area contributed by atoms with Gasteiger partial charge in [-0.15, -0.1) is 11.6 Å². The van der Waals surface area contributed by atoms with Crippen LogP contribution in [0.15, 0.2) is 22.7 Å². The summed E-state index contributed by atoms with van der Waals surface area (Å²) in [5.74, 6) is 0.119. The van der Waals surface area contributed by atoms with E-state index in [-0.39, 0.29) is 5.88 Å². The number of nitrogens with zero attached hydrogens (tertiary/aromatic N) is 1. The number of aliphatic hydroxyl groups excluding tert-OH is 1. The maximum Gasteiger partial charge on any atom is 0.0991 e. The average molecular weight is 261 g/mol. The van der Waals surface area contributed by atoms with E-state index in [1.54, 1.807) is 18.2 Å². The Hall–Kier alpha value is -0.560. The van der Waals surface area contributed by atoms with Crippen LogP contribution in [0.3, 0.4) is 0 Å². The Kier molecular flexibility index (Phi) is 3.73. The Balaban J connectivity index is 3.12. The van der Waals surface area contributed by atoms with Gasteiger partial charge in [-0.2, -0.15) is 5.26 Å². The van der Waals surface area contributed by atoms with Crippen molar-refractivity contribution in [2.75, 3.05) is 5.88 Å². The molecule has 0 bridgehead atoms. The van der Waals surface area contributed by atoms with Crippen LogP contribution < -0.4 is 0 Å². The highest BCUT2D eigenvalue weighted by Gasteiger charge is 2.10. The highest BCUT2D eigenvalue weighted by Crippen LogP contribution is 2.25. The minimum Gasteiger partial charge on any atom is -0.387 e. The quantitative estimate of drug-likeness (QED) is 0.831. The molecule has 0 aromatic heterocycles. The summed E-state index contributed by atoms with van der Waals surface area (Å²) in [6, 6.07) is 7.02. The van der Waals surface area contributed by atoms with E-state index in [1.165, 1.54) is 0 Å². The molecule has 1 aromatic rings. The van der Waals surface area contributed by atoms with Crippen LogP contribution in [0.5, 0.6) is 0 Å². The summed E-state index contributed by atoms with van der Waals surface area (Å²) in [7, 11) is 0. The van der Waals surface area contributed by atoms with Gasteiger partial charge in [0, 0.05) is 4.47 Å². The summed E-state index contributed by atoms with van der Waals surface area (Å²) in [6.07, 6.45) is -0.732. The highest BCUT2D eigenvalue weighted by atomic mass is 79.9. The molecule has 1 rings (SSSR count). The summed E-state index contributed by atoms with van der Waals surface area (Å²) in [6.45, 7) is 0. The second-order valence-corrected chi connectivity index (χ2v) is 3.68. The molecule has 0 radical (unpaired) electrons. The first kappa shape index (κ1) is 10.5. The zero-order valence-corrected chi connectivity index (χ0v) is 9.01. The predicted octanol–water partition coefficient (Wildman–Crippen LogP) is 2.59. The first-order valence-electron chi connectivity index (χ1n) is 3.62. The Labute approximate surface area is 89.9 Å². The van der Waals surface area contributed by atoms with Crippen LogP contribution in [0, 0.1) is 11.3 Å². The molecule has 1 unspecified atom stereocenters. The Morgan fingerprint density at radius 2 is 2.31 bits per heavy atom. The number of aliphatic hydroxyl groups is 1. The third kappa shape index (κ3) is 2.44. The number of hydrogen-bond donors (Lipinski definition) is 1. The van der Waals surface area contributed by atoms with Gasteiger partial charge in [0.1, 0.15) is 0 Å². The van der Waals surface area contributed by atoms with E-state index in [0.717, 1.165) is 4.47 Å². The number of halogens is 2. The molecule has 4 heteroatoms. The van der Waals surface area contributed by atoms with Gasteiger partial charge in [0.25, 0.3) is 0 Å². The standard InChI is InChI=1S/C9H7BrClNO/c10-8-2-1-6(5-12)3-7(8)9(13)4-11/h1-3,9,13H,4H2. The second-order valence-electron chi connectivity index (χ2n) is 2.52. The lowest BCUT2D eigenvalue weighted by Gasteiger charge is -2.09. The molecule has 0 amide bonds. The lowest BCUT2D eigenvalue weighted by Crippen LogP contribution is -2.00. The van der Waals surface area contributed by atoms with Gasteiger partial charge >= 0.3 is 0 Å². The molecule has 2 nitrogen and oxygen atoms in total. The normalized spacial score (nSPS) is 12.2. The summed E-state index contributed by atoms with van der Waals surface area (Å²) >= 11 is 8.77. The molecule has 0 saturated heterocycles. The Morgan fingerprint density at radius 1 is 1.62 bits per heavy atom. The van der Waals surface area contributed by atoms with Crippen LogP contribution in [-0.4, -0.2) is 11.0 Å². The number of benzene rings is 1. The summed E-state index contributed by atoms with van der Waals surface area (Å²) in [4.78, 5) is 0. The summed E-state index contributed by atoms with van der Waals surface area (Å²) in [5.41, 5.74) is 1.16. The van der Waals surface area contributed by atoms with Crippen molar-refractivity contribution in [2.24, 2.45) is 0 Å². The number of alkyl halides is 1. The van der Waals surface area contributed by atoms with E-state index < -0.39 is 6.10 Å². The monoisotopic (exact) mass is 259 g/mol. The topological polar surface area (TPSA) is 44.0 Å². The second kappa shape index (κ2) is 4.61. The smallest absolute Gasteiger partial charge is 0.0991 e. The maximum absolute atomic E-state index is 9.46. The SMILES string of the molecule is N#Cc1ccc(Br)c(C(O)CCl)c1. The summed E-state index contributed by atoms with van der Waals surface area (Å²) < 4.78 is 0.764. The largest absolute Gasteiger partial charge is 0.387 e. The van der Waals surface area contributed by atoms with Gasteiger partial charge in [-0.3, -0.25) is 0 Å². The van der Waals surface area contributed by atoms with Crippen LogP contribution in [0.25, 0.3) is 0 Å². The fourth-order valence-electron chi connectivity index (χ4n) is 0.952. The van der Waals surface area contributed by atoms with Crippen molar-refractivity contribution in [2.45, 2.75) is 6.10 Å². The van der Waals surface area contributed by atoms with Gasteiger partial charge in [-0.05, 0) is 23.8 Å².